The van der Waals surface area contributed by atoms with Gasteiger partial charge in [-0.25, -0.2) is 18.4 Å². The van der Waals surface area contributed by atoms with Gasteiger partial charge in [-0.1, -0.05) is 6.07 Å². The molecule has 29 heavy (non-hydrogen) atoms. The first-order valence-corrected chi connectivity index (χ1v) is 10.7. The van der Waals surface area contributed by atoms with E-state index in [0.717, 1.165) is 5.69 Å². The van der Waals surface area contributed by atoms with Crippen LogP contribution in [0.4, 0.5) is 13.2 Å². The van der Waals surface area contributed by atoms with Gasteiger partial charge in [-0.2, -0.15) is 17.5 Å². The number of halogens is 3. The van der Waals surface area contributed by atoms with Crippen LogP contribution in [-0.4, -0.2) is 62.5 Å². The number of hydrogen-bond acceptors (Lipinski definition) is 5. The van der Waals surface area contributed by atoms with E-state index in [1.165, 1.54) is 7.11 Å². The normalized spacial score (nSPS) is 17.2. The Bertz CT molecular complexity index is 794. The average Bonchev–Trinajstić information content (AvgIpc) is 2.69. The van der Waals surface area contributed by atoms with Crippen LogP contribution < -0.4 is 15.4 Å². The second-order valence-corrected chi connectivity index (χ2v) is 8.47. The Labute approximate surface area is 168 Å². The maximum absolute atomic E-state index is 12.6. The molecule has 1 aromatic rings. The lowest BCUT2D eigenvalue weighted by Gasteiger charge is -2.31. The Morgan fingerprint density at radius 2 is 2.00 bits per heavy atom. The highest BCUT2D eigenvalue weighted by Gasteiger charge is 2.50. The number of guanidine groups is 1. The van der Waals surface area contributed by atoms with Crippen LogP contribution >= 0.6 is 0 Å². The summed E-state index contributed by atoms with van der Waals surface area (Å²) in [7, 11) is -3.71. The molecule has 0 amide bonds. The number of methoxy groups -OCH3 is 1. The fraction of sp³-hybridized carbons (Fsp3) is 0.647. The van der Waals surface area contributed by atoms with Gasteiger partial charge in [-0.15, -0.1) is 0 Å². The zero-order chi connectivity index (χ0) is 21.5. The summed E-state index contributed by atoms with van der Waals surface area (Å²) in [4.78, 5) is 8.74. The Morgan fingerprint density at radius 3 is 2.59 bits per heavy atom. The first-order chi connectivity index (χ1) is 13.7. The molecule has 0 aliphatic carbocycles. The van der Waals surface area contributed by atoms with Crippen molar-refractivity contribution >= 4 is 16.0 Å². The lowest BCUT2D eigenvalue weighted by Crippen LogP contribution is -2.47. The van der Waals surface area contributed by atoms with Gasteiger partial charge in [0.2, 0.25) is 5.88 Å². The smallest absolute Gasteiger partial charge is 0.481 e. The summed E-state index contributed by atoms with van der Waals surface area (Å²) < 4.78 is 66.5. The molecule has 1 aliphatic heterocycles. The standard InChI is InChI=1S/C17H26F3N5O3S/c1-3-21-16(23-12-14-5-4-6-15(24-14)28-2)22-11-13-7-9-25(10-8-13)29(26,27)17(18,19)20/h4-6,13H,3,7-12H2,1-2H3,(H2,21,22,23). The largest absolute Gasteiger partial charge is 0.511 e. The van der Waals surface area contributed by atoms with Crippen molar-refractivity contribution in [3.05, 3.63) is 23.9 Å². The van der Waals surface area contributed by atoms with E-state index in [-0.39, 0.29) is 19.0 Å². The summed E-state index contributed by atoms with van der Waals surface area (Å²) >= 11 is 0. The second-order valence-electron chi connectivity index (χ2n) is 6.54. The van der Waals surface area contributed by atoms with Crippen molar-refractivity contribution in [2.24, 2.45) is 10.9 Å². The average molecular weight is 437 g/mol. The number of hydrogen-bond donors (Lipinski definition) is 2. The summed E-state index contributed by atoms with van der Waals surface area (Å²) in [6, 6.07) is 5.38. The number of piperidine rings is 1. The first-order valence-electron chi connectivity index (χ1n) is 9.26. The molecular weight excluding hydrogens is 411 g/mol. The lowest BCUT2D eigenvalue weighted by atomic mass is 9.98. The summed E-state index contributed by atoms with van der Waals surface area (Å²) in [5.74, 6) is 1.10. The quantitative estimate of drug-likeness (QED) is 0.498. The number of nitrogens with one attached hydrogen (secondary N) is 2. The highest BCUT2D eigenvalue weighted by Crippen LogP contribution is 2.30. The van der Waals surface area contributed by atoms with Crippen LogP contribution in [0.25, 0.3) is 0 Å². The van der Waals surface area contributed by atoms with Crippen molar-refractivity contribution < 1.29 is 26.3 Å². The predicted octanol–water partition coefficient (Wildman–Crippen LogP) is 1.71. The maximum atomic E-state index is 12.6. The fourth-order valence-corrected chi connectivity index (χ4v) is 3.89. The molecule has 0 atom stereocenters. The van der Waals surface area contributed by atoms with E-state index in [0.29, 0.717) is 48.6 Å². The van der Waals surface area contributed by atoms with Gasteiger partial charge in [0, 0.05) is 32.2 Å². The zero-order valence-corrected chi connectivity index (χ0v) is 17.2. The predicted molar refractivity (Wildman–Crippen MR) is 103 cm³/mol. The van der Waals surface area contributed by atoms with E-state index in [4.69, 9.17) is 4.74 Å². The molecule has 0 saturated carbocycles. The summed E-state index contributed by atoms with van der Waals surface area (Å²) in [6.45, 7) is 3.08. The van der Waals surface area contributed by atoms with Gasteiger partial charge >= 0.3 is 15.5 Å². The number of pyridine rings is 1. The van der Waals surface area contributed by atoms with E-state index < -0.39 is 15.5 Å². The number of alkyl halides is 3. The van der Waals surface area contributed by atoms with Crippen molar-refractivity contribution in [2.45, 2.75) is 31.8 Å². The summed E-state index contributed by atoms with van der Waals surface area (Å²) in [5, 5.41) is 6.26. The molecule has 1 saturated heterocycles. The van der Waals surface area contributed by atoms with Crippen LogP contribution in [0.1, 0.15) is 25.5 Å². The van der Waals surface area contributed by atoms with Gasteiger partial charge in [0.05, 0.1) is 19.3 Å². The number of rotatable bonds is 7. The Morgan fingerprint density at radius 1 is 1.31 bits per heavy atom. The number of nitrogens with zero attached hydrogens (tertiary/aromatic N) is 3. The van der Waals surface area contributed by atoms with Gasteiger partial charge in [0.25, 0.3) is 0 Å². The molecule has 1 aliphatic rings. The third-order valence-corrected chi connectivity index (χ3v) is 6.13. The first kappa shape index (κ1) is 23.2. The Balaban J connectivity index is 1.88. The molecule has 2 heterocycles. The van der Waals surface area contributed by atoms with Crippen LogP contribution in [0.3, 0.4) is 0 Å². The highest BCUT2D eigenvalue weighted by atomic mass is 32.2. The molecule has 0 bridgehead atoms. The third-order valence-electron chi connectivity index (χ3n) is 4.50. The molecule has 164 valence electrons. The van der Waals surface area contributed by atoms with Gasteiger partial charge < -0.3 is 15.4 Å². The number of sulfonamides is 1. The minimum Gasteiger partial charge on any atom is -0.481 e. The van der Waals surface area contributed by atoms with E-state index in [1.54, 1.807) is 6.07 Å². The van der Waals surface area contributed by atoms with Crippen LogP contribution in [0, 0.1) is 5.92 Å². The molecule has 0 unspecified atom stereocenters. The van der Waals surface area contributed by atoms with Gasteiger partial charge in [-0.3, -0.25) is 0 Å². The van der Waals surface area contributed by atoms with E-state index in [2.05, 4.69) is 20.6 Å². The van der Waals surface area contributed by atoms with Crippen LogP contribution in [-0.2, 0) is 16.6 Å². The van der Waals surface area contributed by atoms with Gasteiger partial charge in [0.15, 0.2) is 5.96 Å². The molecular formula is C17H26F3N5O3S. The molecule has 1 fully saturated rings. The van der Waals surface area contributed by atoms with Crippen molar-refractivity contribution in [3.63, 3.8) is 0 Å². The van der Waals surface area contributed by atoms with Crippen molar-refractivity contribution in [1.29, 1.82) is 0 Å². The molecule has 0 aromatic carbocycles. The number of ether oxygens (including phenoxy) is 1. The topological polar surface area (TPSA) is 95.9 Å². The summed E-state index contributed by atoms with van der Waals surface area (Å²) in [6.07, 6.45) is 0.693. The monoisotopic (exact) mass is 437 g/mol. The molecule has 0 spiro atoms. The number of aromatic nitrogens is 1. The minimum atomic E-state index is -5.25. The molecule has 2 N–H and O–H groups in total. The SMILES string of the molecule is CCNC(=NCc1cccc(OC)n1)NCC1CCN(S(=O)(=O)C(F)(F)F)CC1. The van der Waals surface area contributed by atoms with Crippen LogP contribution in [0.2, 0.25) is 0 Å². The summed E-state index contributed by atoms with van der Waals surface area (Å²) in [5.41, 5.74) is -4.52. The Hall–Kier alpha value is -2.08. The highest BCUT2D eigenvalue weighted by molar-refractivity contribution is 7.90. The minimum absolute atomic E-state index is 0.0495. The lowest BCUT2D eigenvalue weighted by molar-refractivity contribution is -0.0496. The van der Waals surface area contributed by atoms with Crippen LogP contribution in [0.5, 0.6) is 5.88 Å². The fourth-order valence-electron chi connectivity index (χ4n) is 2.90. The van der Waals surface area contributed by atoms with Crippen LogP contribution in [0.15, 0.2) is 23.2 Å². The maximum Gasteiger partial charge on any atom is 0.511 e. The van der Waals surface area contributed by atoms with Gasteiger partial charge in [-0.05, 0) is 31.7 Å². The van der Waals surface area contributed by atoms with Gasteiger partial charge in [0.1, 0.15) is 0 Å². The van der Waals surface area contributed by atoms with Crippen molar-refractivity contribution in [1.82, 2.24) is 19.9 Å². The Kier molecular flexibility index (Phi) is 8.08. The molecule has 0 radical (unpaired) electrons. The van der Waals surface area contributed by atoms with E-state index in [1.807, 2.05) is 19.1 Å². The van der Waals surface area contributed by atoms with Crippen molar-refractivity contribution in [3.8, 4) is 5.88 Å². The molecule has 2 rings (SSSR count). The second kappa shape index (κ2) is 10.1. The number of aliphatic imine (C=N–C) groups is 1. The molecule has 1 aromatic heterocycles. The molecule has 8 nitrogen and oxygen atoms in total. The van der Waals surface area contributed by atoms with E-state index in [9.17, 15) is 21.6 Å². The third kappa shape index (κ3) is 6.46. The molecule has 12 heteroatoms. The zero-order valence-electron chi connectivity index (χ0n) is 16.4. The van der Waals surface area contributed by atoms with Crippen molar-refractivity contribution in [2.75, 3.05) is 33.3 Å². The van der Waals surface area contributed by atoms with E-state index >= 15 is 0 Å².